The summed E-state index contributed by atoms with van der Waals surface area (Å²) < 4.78 is 0. The molecule has 2 N–H and O–H groups in total. The minimum atomic E-state index is 0.0694. The zero-order valence-corrected chi connectivity index (χ0v) is 7.37. The molecule has 2 aromatic heterocycles. The molecule has 0 bridgehead atoms. The Morgan fingerprint density at radius 3 is 2.93 bits per heavy atom. The summed E-state index contributed by atoms with van der Waals surface area (Å²) in [6.45, 7) is 0. The fourth-order valence-electron chi connectivity index (χ4n) is 1.81. The highest BCUT2D eigenvalue weighted by Crippen LogP contribution is 2.20. The molecule has 0 aliphatic carbocycles. The van der Waals surface area contributed by atoms with Gasteiger partial charge in [0.1, 0.15) is 0 Å². The van der Waals surface area contributed by atoms with Crippen molar-refractivity contribution in [3.63, 3.8) is 0 Å². The molecule has 0 unspecified atom stereocenters. The van der Waals surface area contributed by atoms with Crippen molar-refractivity contribution in [3.05, 3.63) is 46.9 Å². The molecular weight excluding hydrogens is 176 g/mol. The van der Waals surface area contributed by atoms with Gasteiger partial charge in [0.2, 0.25) is 0 Å². The van der Waals surface area contributed by atoms with Gasteiger partial charge in [-0.1, -0.05) is 6.07 Å². The Morgan fingerprint density at radius 2 is 2.00 bits per heavy atom. The summed E-state index contributed by atoms with van der Waals surface area (Å²) in [6, 6.07) is 7.18. The van der Waals surface area contributed by atoms with Gasteiger partial charge in [0, 0.05) is 17.8 Å². The van der Waals surface area contributed by atoms with Gasteiger partial charge in [0.15, 0.2) is 5.43 Å². The van der Waals surface area contributed by atoms with Crippen molar-refractivity contribution in [1.82, 2.24) is 9.97 Å². The van der Waals surface area contributed by atoms with Gasteiger partial charge in [-0.15, -0.1) is 0 Å². The van der Waals surface area contributed by atoms with E-state index in [1.807, 2.05) is 24.5 Å². The van der Waals surface area contributed by atoms with E-state index < -0.39 is 0 Å². The van der Waals surface area contributed by atoms with E-state index in [0.717, 1.165) is 21.8 Å². The molecule has 0 amide bonds. The van der Waals surface area contributed by atoms with Gasteiger partial charge in [-0.2, -0.15) is 0 Å². The van der Waals surface area contributed by atoms with Crippen LogP contribution in [0.25, 0.3) is 21.8 Å². The van der Waals surface area contributed by atoms with E-state index in [0.29, 0.717) is 0 Å². The molecule has 0 saturated carbocycles. The van der Waals surface area contributed by atoms with Crippen LogP contribution in [-0.2, 0) is 0 Å². The molecule has 0 radical (unpaired) electrons. The van der Waals surface area contributed by atoms with Crippen LogP contribution < -0.4 is 5.43 Å². The van der Waals surface area contributed by atoms with Crippen molar-refractivity contribution in [2.75, 3.05) is 0 Å². The quantitative estimate of drug-likeness (QED) is 0.551. The Kier molecular flexibility index (Phi) is 1.31. The Bertz CT molecular complexity index is 663. The van der Waals surface area contributed by atoms with Gasteiger partial charge >= 0.3 is 0 Å². The zero-order valence-electron chi connectivity index (χ0n) is 7.37. The minimum Gasteiger partial charge on any atom is -0.366 e. The third-order valence-electron chi connectivity index (χ3n) is 2.43. The number of rotatable bonds is 0. The largest absolute Gasteiger partial charge is 0.366 e. The van der Waals surface area contributed by atoms with Crippen LogP contribution in [0.2, 0.25) is 0 Å². The van der Waals surface area contributed by atoms with E-state index in [1.165, 1.54) is 0 Å². The molecule has 0 atom stereocenters. The smallest absolute Gasteiger partial charge is 0.188 e. The van der Waals surface area contributed by atoms with Crippen LogP contribution in [0.5, 0.6) is 0 Å². The van der Waals surface area contributed by atoms with Crippen LogP contribution in [0.1, 0.15) is 0 Å². The highest BCUT2D eigenvalue weighted by Gasteiger charge is 2.05. The van der Waals surface area contributed by atoms with Gasteiger partial charge in [0.05, 0.1) is 16.4 Å². The molecule has 3 aromatic rings. The maximum Gasteiger partial charge on any atom is 0.188 e. The summed E-state index contributed by atoms with van der Waals surface area (Å²) in [6.07, 6.45) is 3.68. The Hall–Kier alpha value is -2.03. The van der Waals surface area contributed by atoms with Crippen molar-refractivity contribution in [2.24, 2.45) is 0 Å². The molecule has 0 aliphatic rings. The van der Waals surface area contributed by atoms with Crippen molar-refractivity contribution in [1.29, 1.82) is 0 Å². The van der Waals surface area contributed by atoms with Crippen molar-refractivity contribution in [3.8, 4) is 0 Å². The van der Waals surface area contributed by atoms with Gasteiger partial charge in [-0.3, -0.25) is 4.79 Å². The first-order valence-electron chi connectivity index (χ1n) is 4.44. The first-order chi connectivity index (χ1) is 6.86. The number of hydrogen-bond acceptors (Lipinski definition) is 1. The Labute approximate surface area is 79.4 Å². The van der Waals surface area contributed by atoms with Crippen LogP contribution in [0.15, 0.2) is 41.5 Å². The molecule has 14 heavy (non-hydrogen) atoms. The fraction of sp³-hybridized carbons (Fsp3) is 0. The third kappa shape index (κ3) is 0.836. The maximum absolute atomic E-state index is 11.6. The molecule has 3 rings (SSSR count). The number of H-pyrrole nitrogens is 2. The average Bonchev–Trinajstić information content (AvgIpc) is 2.57. The molecule has 0 fully saturated rings. The fourth-order valence-corrected chi connectivity index (χ4v) is 1.81. The monoisotopic (exact) mass is 184 g/mol. The highest BCUT2D eigenvalue weighted by atomic mass is 16.1. The van der Waals surface area contributed by atoms with Gasteiger partial charge in [-0.25, -0.2) is 0 Å². The van der Waals surface area contributed by atoms with Crippen molar-refractivity contribution in [2.45, 2.75) is 0 Å². The standard InChI is InChI=1S/C11H8N2O/c14-10-3-1-2-8-11(10)7-4-5-12-6-9(7)13-8/h1-6,12-13H. The van der Waals surface area contributed by atoms with E-state index in [1.54, 1.807) is 12.1 Å². The number of fused-ring (bicyclic) bond motifs is 3. The van der Waals surface area contributed by atoms with Crippen molar-refractivity contribution >= 4 is 21.8 Å². The average molecular weight is 184 g/mol. The maximum atomic E-state index is 11.6. The molecule has 0 aliphatic heterocycles. The van der Waals surface area contributed by atoms with E-state index in [4.69, 9.17) is 0 Å². The first kappa shape index (κ1) is 7.38. The molecule has 0 saturated heterocycles. The summed E-state index contributed by atoms with van der Waals surface area (Å²) in [7, 11) is 0. The lowest BCUT2D eigenvalue weighted by molar-refractivity contribution is 1.35. The molecule has 1 aromatic carbocycles. The Balaban J connectivity index is 2.73. The molecule has 68 valence electrons. The number of aromatic nitrogens is 2. The highest BCUT2D eigenvalue weighted by molar-refractivity contribution is 6.06. The van der Waals surface area contributed by atoms with Gasteiger partial charge in [0.25, 0.3) is 0 Å². The van der Waals surface area contributed by atoms with E-state index >= 15 is 0 Å². The molecular formula is C11H8N2O. The lowest BCUT2D eigenvalue weighted by atomic mass is 10.2. The number of pyridine rings is 1. The summed E-state index contributed by atoms with van der Waals surface area (Å²) >= 11 is 0. The van der Waals surface area contributed by atoms with E-state index in [9.17, 15) is 4.79 Å². The van der Waals surface area contributed by atoms with E-state index in [2.05, 4.69) is 9.97 Å². The number of hydrogen-bond donors (Lipinski definition) is 2. The predicted molar refractivity (Wildman–Crippen MR) is 56.4 cm³/mol. The summed E-state index contributed by atoms with van der Waals surface area (Å²) in [5.41, 5.74) is 1.93. The van der Waals surface area contributed by atoms with Crippen LogP contribution in [-0.4, -0.2) is 9.97 Å². The lowest BCUT2D eigenvalue weighted by Gasteiger charge is -1.87. The topological polar surface area (TPSA) is 48.6 Å². The number of benzene rings is 1. The molecule has 0 spiro atoms. The number of aromatic amines is 2. The minimum absolute atomic E-state index is 0.0694. The van der Waals surface area contributed by atoms with Crippen LogP contribution in [0.4, 0.5) is 0 Å². The normalized spacial score (nSPS) is 11.1. The van der Waals surface area contributed by atoms with Crippen LogP contribution >= 0.6 is 0 Å². The second kappa shape index (κ2) is 2.48. The number of nitrogens with one attached hydrogen (secondary N) is 2. The summed E-state index contributed by atoms with van der Waals surface area (Å²) in [5, 5.41) is 1.75. The first-order valence-corrected chi connectivity index (χ1v) is 4.44. The Morgan fingerprint density at radius 1 is 1.07 bits per heavy atom. The van der Waals surface area contributed by atoms with E-state index in [-0.39, 0.29) is 5.43 Å². The molecule has 2 heterocycles. The van der Waals surface area contributed by atoms with Crippen LogP contribution in [0.3, 0.4) is 0 Å². The second-order valence-corrected chi connectivity index (χ2v) is 3.28. The third-order valence-corrected chi connectivity index (χ3v) is 2.43. The molecule has 3 nitrogen and oxygen atoms in total. The second-order valence-electron chi connectivity index (χ2n) is 3.28. The predicted octanol–water partition coefficient (Wildman–Crippen LogP) is 2.01. The SMILES string of the molecule is O=c1cccc2[nH]c3c[nH]ccc3c12. The summed E-state index contributed by atoms with van der Waals surface area (Å²) in [5.74, 6) is 0. The zero-order chi connectivity index (χ0) is 9.54. The van der Waals surface area contributed by atoms with Gasteiger partial charge in [-0.05, 0) is 18.2 Å². The molecule has 3 heteroatoms. The van der Waals surface area contributed by atoms with Crippen molar-refractivity contribution < 1.29 is 0 Å². The van der Waals surface area contributed by atoms with Gasteiger partial charge < -0.3 is 9.97 Å². The summed E-state index contributed by atoms with van der Waals surface area (Å²) in [4.78, 5) is 17.8. The lowest BCUT2D eigenvalue weighted by Crippen LogP contribution is -1.95. The van der Waals surface area contributed by atoms with Crippen LogP contribution in [0, 0.1) is 0 Å².